The number of aromatic nitrogens is 2. The van der Waals surface area contributed by atoms with Gasteiger partial charge in [-0.1, -0.05) is 15.9 Å². The Morgan fingerprint density at radius 2 is 2.36 bits per heavy atom. The van der Waals surface area contributed by atoms with Crippen molar-refractivity contribution in [2.45, 2.75) is 19.5 Å². The van der Waals surface area contributed by atoms with Crippen LogP contribution in [-0.4, -0.2) is 29.4 Å². The van der Waals surface area contributed by atoms with Crippen molar-refractivity contribution in [1.29, 1.82) is 0 Å². The molecule has 0 aliphatic carbocycles. The van der Waals surface area contributed by atoms with Crippen LogP contribution in [0.5, 0.6) is 0 Å². The fourth-order valence-electron chi connectivity index (χ4n) is 2.63. The smallest absolute Gasteiger partial charge is 0.327 e. The van der Waals surface area contributed by atoms with E-state index < -0.39 is 0 Å². The van der Waals surface area contributed by atoms with Gasteiger partial charge < -0.3 is 10.1 Å². The molecule has 1 aromatic carbocycles. The van der Waals surface area contributed by atoms with Gasteiger partial charge in [-0.25, -0.2) is 4.39 Å². The van der Waals surface area contributed by atoms with Gasteiger partial charge in [0.05, 0.1) is 7.11 Å². The summed E-state index contributed by atoms with van der Waals surface area (Å²) >= 11 is 3.36. The molecule has 22 heavy (non-hydrogen) atoms. The van der Waals surface area contributed by atoms with Crippen LogP contribution in [0.25, 0.3) is 11.3 Å². The number of carbonyl (C=O) groups is 1. The highest BCUT2D eigenvalue weighted by Gasteiger charge is 2.24. The van der Waals surface area contributed by atoms with E-state index in [1.807, 2.05) is 0 Å². The fraction of sp³-hybridized carbons (Fsp3) is 0.333. The van der Waals surface area contributed by atoms with Crippen molar-refractivity contribution >= 4 is 21.9 Å². The summed E-state index contributed by atoms with van der Waals surface area (Å²) in [7, 11) is 1.34. The number of hydrogen-bond acceptors (Lipinski definition) is 4. The lowest BCUT2D eigenvalue weighted by molar-refractivity contribution is -0.141. The molecule has 0 amide bonds. The first-order chi connectivity index (χ1) is 10.6. The molecule has 0 unspecified atom stereocenters. The summed E-state index contributed by atoms with van der Waals surface area (Å²) in [5.74, 6) is -0.704. The SMILES string of the molecule is COC(=O)Cn1nc(-c2cc(Br)ccc2F)c2c1CCNC2. The minimum absolute atomic E-state index is 0.0362. The molecule has 0 spiro atoms. The summed E-state index contributed by atoms with van der Waals surface area (Å²) in [5.41, 5.74) is 2.90. The number of hydrogen-bond donors (Lipinski definition) is 1. The van der Waals surface area contributed by atoms with Gasteiger partial charge in [-0.15, -0.1) is 0 Å². The quantitative estimate of drug-likeness (QED) is 0.845. The number of halogens is 2. The lowest BCUT2D eigenvalue weighted by Crippen LogP contribution is -2.26. The van der Waals surface area contributed by atoms with Gasteiger partial charge in [0.15, 0.2) is 0 Å². The number of carbonyl (C=O) groups excluding carboxylic acids is 1. The second-order valence-electron chi connectivity index (χ2n) is 5.06. The molecule has 116 valence electrons. The van der Waals surface area contributed by atoms with Gasteiger partial charge in [-0.2, -0.15) is 5.10 Å². The third-order valence-corrected chi connectivity index (χ3v) is 4.19. The normalized spacial score (nSPS) is 13.8. The van der Waals surface area contributed by atoms with Gasteiger partial charge in [0.2, 0.25) is 0 Å². The van der Waals surface area contributed by atoms with E-state index in [-0.39, 0.29) is 18.3 Å². The lowest BCUT2D eigenvalue weighted by Gasteiger charge is -2.15. The van der Waals surface area contributed by atoms with E-state index >= 15 is 0 Å². The Kier molecular flexibility index (Phi) is 4.26. The van der Waals surface area contributed by atoms with Crippen molar-refractivity contribution in [2.75, 3.05) is 13.7 Å². The fourth-order valence-corrected chi connectivity index (χ4v) is 2.99. The Hall–Kier alpha value is -1.73. The highest BCUT2D eigenvalue weighted by Crippen LogP contribution is 2.31. The first-order valence-corrected chi connectivity index (χ1v) is 7.71. The Morgan fingerprint density at radius 1 is 1.55 bits per heavy atom. The van der Waals surface area contributed by atoms with Crippen LogP contribution in [0.15, 0.2) is 22.7 Å². The third kappa shape index (κ3) is 2.78. The van der Waals surface area contributed by atoms with Gasteiger partial charge >= 0.3 is 5.97 Å². The molecule has 0 radical (unpaired) electrons. The molecule has 2 aromatic rings. The first-order valence-electron chi connectivity index (χ1n) is 6.91. The topological polar surface area (TPSA) is 56.2 Å². The minimum atomic E-state index is -0.370. The lowest BCUT2D eigenvalue weighted by atomic mass is 10.0. The zero-order chi connectivity index (χ0) is 15.7. The van der Waals surface area contributed by atoms with Crippen LogP contribution in [0.4, 0.5) is 4.39 Å². The van der Waals surface area contributed by atoms with Gasteiger partial charge in [0, 0.05) is 40.8 Å². The largest absolute Gasteiger partial charge is 0.468 e. The maximum atomic E-state index is 14.2. The van der Waals surface area contributed by atoms with Crippen molar-refractivity contribution in [3.05, 3.63) is 39.7 Å². The van der Waals surface area contributed by atoms with Crippen LogP contribution >= 0.6 is 15.9 Å². The summed E-state index contributed by atoms with van der Waals surface area (Å²) in [6.45, 7) is 1.45. The number of rotatable bonds is 3. The average Bonchev–Trinajstić information content (AvgIpc) is 2.88. The molecule has 0 fully saturated rings. The second kappa shape index (κ2) is 6.18. The number of ether oxygens (including phenoxy) is 1. The Morgan fingerprint density at radius 3 is 3.14 bits per heavy atom. The Bertz CT molecular complexity index is 730. The number of esters is 1. The highest BCUT2D eigenvalue weighted by atomic mass is 79.9. The van der Waals surface area contributed by atoms with Crippen LogP contribution in [0.2, 0.25) is 0 Å². The van der Waals surface area contributed by atoms with Crippen molar-refractivity contribution in [1.82, 2.24) is 15.1 Å². The average molecular weight is 368 g/mol. The molecule has 1 aliphatic heterocycles. The molecular weight excluding hydrogens is 353 g/mol. The third-order valence-electron chi connectivity index (χ3n) is 3.70. The Balaban J connectivity index is 2.11. The minimum Gasteiger partial charge on any atom is -0.468 e. The molecular formula is C15H15BrFN3O2. The van der Waals surface area contributed by atoms with E-state index in [1.54, 1.807) is 16.8 Å². The van der Waals surface area contributed by atoms with E-state index in [0.717, 1.165) is 28.7 Å². The van der Waals surface area contributed by atoms with E-state index in [4.69, 9.17) is 4.74 Å². The molecule has 1 N–H and O–H groups in total. The molecule has 3 rings (SSSR count). The van der Waals surface area contributed by atoms with E-state index in [0.29, 0.717) is 17.8 Å². The first kappa shape index (κ1) is 15.2. The maximum Gasteiger partial charge on any atom is 0.327 e. The van der Waals surface area contributed by atoms with Crippen LogP contribution < -0.4 is 5.32 Å². The van der Waals surface area contributed by atoms with Crippen LogP contribution in [0.1, 0.15) is 11.3 Å². The molecule has 5 nitrogen and oxygen atoms in total. The highest BCUT2D eigenvalue weighted by molar-refractivity contribution is 9.10. The zero-order valence-electron chi connectivity index (χ0n) is 12.0. The van der Waals surface area contributed by atoms with E-state index in [2.05, 4.69) is 26.3 Å². The van der Waals surface area contributed by atoms with E-state index in [9.17, 15) is 9.18 Å². The zero-order valence-corrected chi connectivity index (χ0v) is 13.6. The molecule has 0 atom stereocenters. The predicted molar refractivity (Wildman–Crippen MR) is 82.7 cm³/mol. The number of benzene rings is 1. The standard InChI is InChI=1S/C15H15BrFN3O2/c1-22-14(21)8-20-13-4-5-18-7-11(13)15(19-20)10-6-9(16)2-3-12(10)17/h2-3,6,18H,4-5,7-8H2,1H3. The van der Waals surface area contributed by atoms with Gasteiger partial charge in [0.25, 0.3) is 0 Å². The maximum absolute atomic E-state index is 14.2. The monoisotopic (exact) mass is 367 g/mol. The van der Waals surface area contributed by atoms with Gasteiger partial charge in [-0.05, 0) is 18.2 Å². The molecule has 0 saturated heterocycles. The van der Waals surface area contributed by atoms with Gasteiger partial charge in [0.1, 0.15) is 18.1 Å². The van der Waals surface area contributed by atoms with Crippen LogP contribution in [0.3, 0.4) is 0 Å². The summed E-state index contributed by atoms with van der Waals surface area (Å²) in [5, 5.41) is 7.73. The number of nitrogens with zero attached hydrogens (tertiary/aromatic N) is 2. The number of fused-ring (bicyclic) bond motifs is 1. The summed E-state index contributed by atoms with van der Waals surface area (Å²) in [6, 6.07) is 4.76. The van der Waals surface area contributed by atoms with Crippen LogP contribution in [0, 0.1) is 5.82 Å². The summed E-state index contributed by atoms with van der Waals surface area (Å²) in [4.78, 5) is 11.6. The van der Waals surface area contributed by atoms with Crippen molar-refractivity contribution in [3.63, 3.8) is 0 Å². The van der Waals surface area contributed by atoms with Crippen LogP contribution in [-0.2, 0) is 29.0 Å². The molecule has 0 saturated carbocycles. The number of nitrogens with one attached hydrogen (secondary N) is 1. The van der Waals surface area contributed by atoms with Crippen molar-refractivity contribution in [2.24, 2.45) is 0 Å². The predicted octanol–water partition coefficient (Wildman–Crippen LogP) is 2.27. The molecule has 7 heteroatoms. The molecule has 1 aromatic heterocycles. The van der Waals surface area contributed by atoms with Gasteiger partial charge in [-0.3, -0.25) is 9.48 Å². The summed E-state index contributed by atoms with van der Waals surface area (Å²) in [6.07, 6.45) is 0.745. The van der Waals surface area contributed by atoms with Crippen molar-refractivity contribution < 1.29 is 13.9 Å². The van der Waals surface area contributed by atoms with Crippen molar-refractivity contribution in [3.8, 4) is 11.3 Å². The second-order valence-corrected chi connectivity index (χ2v) is 5.97. The van der Waals surface area contributed by atoms with E-state index in [1.165, 1.54) is 13.2 Å². The number of methoxy groups -OCH3 is 1. The molecule has 0 bridgehead atoms. The molecule has 2 heterocycles. The molecule has 1 aliphatic rings. The summed E-state index contributed by atoms with van der Waals surface area (Å²) < 4.78 is 21.3. The Labute approximate surface area is 135 Å².